The van der Waals surface area contributed by atoms with Crippen LogP contribution in [0.25, 0.3) is 0 Å². The van der Waals surface area contributed by atoms with Crippen LogP contribution in [-0.4, -0.2) is 20.4 Å². The van der Waals surface area contributed by atoms with Crippen molar-refractivity contribution >= 4 is 15.8 Å². The number of hydrogen-bond acceptors (Lipinski definition) is 9. The summed E-state index contributed by atoms with van der Waals surface area (Å²) in [5.41, 5.74) is 0. The zero-order chi connectivity index (χ0) is 25.5. The number of phenolic OH excluding ortho intramolecular Hbond substituents is 4. The largest absolute Gasteiger partial charge is 0.508 e. The minimum Gasteiger partial charge on any atom is -0.508 e. The van der Waals surface area contributed by atoms with Gasteiger partial charge in [0.25, 0.3) is 0 Å². The van der Waals surface area contributed by atoms with Gasteiger partial charge in [0.1, 0.15) is 46.0 Å². The van der Waals surface area contributed by atoms with Gasteiger partial charge in [-0.25, -0.2) is 5.16 Å². The molecule has 0 fully saturated rings. The Morgan fingerprint density at radius 3 is 1.08 bits per heavy atom. The summed E-state index contributed by atoms with van der Waals surface area (Å²) in [4.78, 5) is 0. The number of hydrogen-bond donors (Lipinski definition) is 5. The summed E-state index contributed by atoms with van der Waals surface area (Å²) < 4.78 is 27.9. The lowest BCUT2D eigenvalue weighted by Gasteiger charge is -2.21. The Balaban J connectivity index is 1.73. The van der Waals surface area contributed by atoms with Gasteiger partial charge in [-0.15, -0.1) is 4.52 Å². The third-order valence-corrected chi connectivity index (χ3v) is 7.87. The average molecular weight is 528 g/mol. The van der Waals surface area contributed by atoms with E-state index in [0.29, 0.717) is 11.5 Å². The van der Waals surface area contributed by atoms with Crippen LogP contribution in [0.2, 0.25) is 0 Å². The first-order chi connectivity index (χ1) is 17.3. The van der Waals surface area contributed by atoms with Crippen molar-refractivity contribution in [2.75, 3.05) is 0 Å². The molecule has 0 aromatic heterocycles. The molecule has 0 spiro atoms. The van der Waals surface area contributed by atoms with E-state index in [9.17, 15) is 20.4 Å². The van der Waals surface area contributed by atoms with Crippen LogP contribution in [0.3, 0.4) is 0 Å². The highest BCUT2D eigenvalue weighted by Crippen LogP contribution is 2.56. The van der Waals surface area contributed by atoms with Gasteiger partial charge in [0.2, 0.25) is 0 Å². The summed E-state index contributed by atoms with van der Waals surface area (Å²) in [5.74, 6) is 1.20. The van der Waals surface area contributed by atoms with Crippen molar-refractivity contribution in [2.24, 2.45) is 4.52 Å². The third-order valence-electron chi connectivity index (χ3n) is 4.43. The van der Waals surface area contributed by atoms with E-state index in [-0.39, 0.29) is 34.5 Å². The van der Waals surface area contributed by atoms with Gasteiger partial charge in [0, 0.05) is 0 Å². The van der Waals surface area contributed by atoms with Crippen LogP contribution < -0.4 is 18.1 Å². The van der Waals surface area contributed by atoms with Crippen molar-refractivity contribution in [3.63, 3.8) is 0 Å². The molecule has 10 nitrogen and oxygen atoms in total. The summed E-state index contributed by atoms with van der Waals surface area (Å²) in [6.45, 7) is 0. The minimum absolute atomic E-state index is 0.0173. The van der Waals surface area contributed by atoms with Crippen molar-refractivity contribution in [2.45, 2.75) is 0 Å². The summed E-state index contributed by atoms with van der Waals surface area (Å²) >= 11 is 0. The highest BCUT2D eigenvalue weighted by Gasteiger charge is 2.25. The number of aromatic hydroxyl groups is 4. The fraction of sp³-hybridized carbons (Fsp3) is 0. The number of phenols is 4. The Hall–Kier alpha value is -4.26. The first-order valence-electron chi connectivity index (χ1n) is 10.4. The maximum Gasteiger partial charge on any atom is 0.445 e. The average Bonchev–Trinajstić information content (AvgIpc) is 2.85. The topological polar surface area (TPSA) is 154 Å². The summed E-state index contributed by atoms with van der Waals surface area (Å²) in [6, 6.07) is 23.2. The molecule has 0 saturated heterocycles. The van der Waals surface area contributed by atoms with Gasteiger partial charge in [-0.2, -0.15) is 0 Å². The van der Waals surface area contributed by atoms with Gasteiger partial charge < -0.3 is 38.5 Å². The maximum atomic E-state index is 9.59. The van der Waals surface area contributed by atoms with Crippen molar-refractivity contribution in [1.29, 1.82) is 5.16 Å². The van der Waals surface area contributed by atoms with E-state index in [1.807, 2.05) is 0 Å². The fourth-order valence-electron chi connectivity index (χ4n) is 2.76. The van der Waals surface area contributed by atoms with Crippen molar-refractivity contribution in [3.05, 3.63) is 97.1 Å². The number of rotatable bonds is 9. The van der Waals surface area contributed by atoms with Gasteiger partial charge in [-0.1, -0.05) is 0 Å². The monoisotopic (exact) mass is 528 g/mol. The Kier molecular flexibility index (Phi) is 7.59. The second-order valence-electron chi connectivity index (χ2n) is 7.25. The van der Waals surface area contributed by atoms with E-state index >= 15 is 0 Å². The molecular formula is C24H22N2O8P2. The molecule has 0 aliphatic rings. The molecule has 0 amide bonds. The van der Waals surface area contributed by atoms with E-state index in [1.54, 1.807) is 0 Å². The van der Waals surface area contributed by atoms with Gasteiger partial charge in [-0.05, 0) is 97.1 Å². The molecule has 5 N–H and O–H groups in total. The Morgan fingerprint density at radius 2 is 0.778 bits per heavy atom. The first kappa shape index (κ1) is 24.9. The minimum atomic E-state index is -3.88. The van der Waals surface area contributed by atoms with Crippen molar-refractivity contribution < 1.29 is 38.5 Å². The molecule has 186 valence electrons. The molecule has 4 aromatic carbocycles. The Morgan fingerprint density at radius 1 is 0.500 bits per heavy atom. The quantitative estimate of drug-likeness (QED) is 0.147. The number of nitrogens with zero attached hydrogens (tertiary/aromatic N) is 1. The number of benzene rings is 4. The van der Waals surface area contributed by atoms with Crippen LogP contribution in [0.1, 0.15) is 0 Å². The maximum absolute atomic E-state index is 9.59. The van der Waals surface area contributed by atoms with Crippen LogP contribution in [0.15, 0.2) is 102 Å². The predicted octanol–water partition coefficient (Wildman–Crippen LogP) is 6.88. The molecule has 36 heavy (non-hydrogen) atoms. The lowest BCUT2D eigenvalue weighted by atomic mass is 10.3. The van der Waals surface area contributed by atoms with Gasteiger partial charge >= 0.3 is 15.8 Å². The molecule has 0 aliphatic carbocycles. The van der Waals surface area contributed by atoms with Gasteiger partial charge in [0.15, 0.2) is 0 Å². The standard InChI is InChI=1S/C24H22N2O8P2/c25-36(33-23-13-5-19(29)6-14-23,34-24-15-7-20(30)8-16-24)26-35(31-21-9-1-17(27)2-10-21)32-22-11-3-18(28)4-12-22/h1-16,25,27-30,35H. The lowest BCUT2D eigenvalue weighted by molar-refractivity contribution is 0.455. The normalized spacial score (nSPS) is 11.0. The Labute approximate surface area is 207 Å². The fourth-order valence-corrected chi connectivity index (χ4v) is 5.84. The van der Waals surface area contributed by atoms with Crippen LogP contribution in [0.4, 0.5) is 0 Å². The summed E-state index contributed by atoms with van der Waals surface area (Å²) in [6.07, 6.45) is 0. The van der Waals surface area contributed by atoms with Crippen LogP contribution in [-0.2, 0) is 0 Å². The molecule has 0 radical (unpaired) electrons. The molecule has 0 atom stereocenters. The zero-order valence-electron chi connectivity index (χ0n) is 18.6. The summed E-state index contributed by atoms with van der Waals surface area (Å²) in [5, 5.41) is 47.3. The molecule has 4 aromatic rings. The van der Waals surface area contributed by atoms with E-state index in [4.69, 9.17) is 23.3 Å². The Bertz CT molecular complexity index is 1280. The van der Waals surface area contributed by atoms with Crippen LogP contribution >= 0.6 is 15.8 Å². The zero-order valence-corrected chi connectivity index (χ0v) is 20.4. The highest BCUT2D eigenvalue weighted by molar-refractivity contribution is 7.60. The molecule has 0 heterocycles. The smallest absolute Gasteiger partial charge is 0.445 e. The molecule has 0 unspecified atom stereocenters. The summed E-state index contributed by atoms with van der Waals surface area (Å²) in [7, 11) is -6.59. The molecule has 4 rings (SSSR count). The third kappa shape index (κ3) is 7.12. The highest BCUT2D eigenvalue weighted by atomic mass is 31.2. The molecule has 12 heteroatoms. The van der Waals surface area contributed by atoms with E-state index < -0.39 is 15.8 Å². The van der Waals surface area contributed by atoms with Crippen molar-refractivity contribution in [1.82, 2.24) is 0 Å². The van der Waals surface area contributed by atoms with E-state index in [0.717, 1.165) is 0 Å². The predicted molar refractivity (Wildman–Crippen MR) is 135 cm³/mol. The molecular weight excluding hydrogens is 506 g/mol. The second kappa shape index (κ2) is 11.0. The molecule has 0 aliphatic heterocycles. The molecule has 0 bridgehead atoms. The van der Waals surface area contributed by atoms with Gasteiger partial charge in [-0.3, -0.25) is 0 Å². The van der Waals surface area contributed by atoms with E-state index in [1.165, 1.54) is 97.1 Å². The second-order valence-corrected chi connectivity index (χ2v) is 10.4. The van der Waals surface area contributed by atoms with Gasteiger partial charge in [0.05, 0.1) is 0 Å². The number of nitrogens with one attached hydrogen (secondary N) is 1. The van der Waals surface area contributed by atoms with Crippen molar-refractivity contribution in [3.8, 4) is 46.0 Å². The lowest BCUT2D eigenvalue weighted by Crippen LogP contribution is -1.99. The SMILES string of the molecule is N=P(N=[PH](Oc1ccc(O)cc1)Oc1ccc(O)cc1)(Oc1ccc(O)cc1)Oc1ccc(O)cc1. The van der Waals surface area contributed by atoms with Crippen LogP contribution in [0.5, 0.6) is 46.0 Å². The van der Waals surface area contributed by atoms with E-state index in [2.05, 4.69) is 4.52 Å². The molecule has 0 saturated carbocycles. The first-order valence-corrected chi connectivity index (χ1v) is 13.3. The van der Waals surface area contributed by atoms with Crippen LogP contribution in [0, 0.1) is 5.16 Å².